The van der Waals surface area contributed by atoms with Crippen molar-refractivity contribution in [2.45, 2.75) is 13.3 Å². The second-order valence-electron chi connectivity index (χ2n) is 6.96. The van der Waals surface area contributed by atoms with E-state index in [4.69, 9.17) is 9.47 Å². The summed E-state index contributed by atoms with van der Waals surface area (Å²) in [6.07, 6.45) is 0.269. The number of hydrogen-bond acceptors (Lipinski definition) is 5. The van der Waals surface area contributed by atoms with Crippen LogP contribution in [0.4, 0.5) is 0 Å². The number of aromatic hydroxyl groups is 1. The Bertz CT molecular complexity index is 812. The Kier molecular flexibility index (Phi) is 6.94. The molecule has 2 aromatic carbocycles. The second kappa shape index (κ2) is 9.82. The van der Waals surface area contributed by atoms with Crippen LogP contribution >= 0.6 is 0 Å². The number of ether oxygens (including phenoxy) is 2. The second-order valence-corrected chi connectivity index (χ2v) is 6.96. The highest BCUT2D eigenvalue weighted by molar-refractivity contribution is 5.79. The zero-order valence-electron chi connectivity index (χ0n) is 16.5. The molecule has 0 bridgehead atoms. The summed E-state index contributed by atoms with van der Waals surface area (Å²) in [6, 6.07) is 14.0. The molecule has 7 nitrogen and oxygen atoms in total. The van der Waals surface area contributed by atoms with Crippen molar-refractivity contribution in [1.29, 1.82) is 0 Å². The van der Waals surface area contributed by atoms with Gasteiger partial charge >= 0.3 is 0 Å². The van der Waals surface area contributed by atoms with Crippen LogP contribution in [0.3, 0.4) is 0 Å². The summed E-state index contributed by atoms with van der Waals surface area (Å²) < 4.78 is 11.1. The van der Waals surface area contributed by atoms with E-state index in [-0.39, 0.29) is 37.2 Å². The number of nitrogens with zero attached hydrogens (tertiary/aromatic N) is 2. The van der Waals surface area contributed by atoms with Crippen molar-refractivity contribution >= 4 is 11.8 Å². The quantitative estimate of drug-likeness (QED) is 0.774. The first-order chi connectivity index (χ1) is 14.0. The maximum atomic E-state index is 12.3. The van der Waals surface area contributed by atoms with Gasteiger partial charge in [-0.1, -0.05) is 17.7 Å². The lowest BCUT2D eigenvalue weighted by atomic mass is 10.2. The molecule has 29 heavy (non-hydrogen) atoms. The maximum Gasteiger partial charge on any atom is 0.260 e. The molecule has 1 aliphatic rings. The third-order valence-corrected chi connectivity index (χ3v) is 4.79. The minimum absolute atomic E-state index is 0.00250. The number of hydrogen-bond donors (Lipinski definition) is 1. The van der Waals surface area contributed by atoms with Gasteiger partial charge in [0.1, 0.15) is 17.2 Å². The van der Waals surface area contributed by atoms with Crippen molar-refractivity contribution in [3.8, 4) is 17.2 Å². The smallest absolute Gasteiger partial charge is 0.260 e. The van der Waals surface area contributed by atoms with Gasteiger partial charge in [-0.2, -0.15) is 0 Å². The van der Waals surface area contributed by atoms with Crippen molar-refractivity contribution in [3.63, 3.8) is 0 Å². The number of phenolic OH excluding ortho intramolecular Hbond substituents is 1. The van der Waals surface area contributed by atoms with Crippen molar-refractivity contribution in [1.82, 2.24) is 9.80 Å². The van der Waals surface area contributed by atoms with Gasteiger partial charge in [-0.15, -0.1) is 0 Å². The summed E-state index contributed by atoms with van der Waals surface area (Å²) in [6.45, 7) is 4.28. The molecular formula is C22H26N2O5. The number of rotatable bonds is 7. The number of carbonyl (C=O) groups excluding carboxylic acids is 2. The number of benzene rings is 2. The zero-order chi connectivity index (χ0) is 20.6. The van der Waals surface area contributed by atoms with Gasteiger partial charge in [0, 0.05) is 26.2 Å². The van der Waals surface area contributed by atoms with Gasteiger partial charge in [-0.05, 0) is 43.3 Å². The van der Waals surface area contributed by atoms with E-state index in [9.17, 15) is 14.7 Å². The fraction of sp³-hybridized carbons (Fsp3) is 0.364. The van der Waals surface area contributed by atoms with Crippen LogP contribution in [-0.2, 0) is 9.59 Å². The first-order valence-electron chi connectivity index (χ1n) is 9.68. The average Bonchev–Trinajstić information content (AvgIpc) is 2.74. The van der Waals surface area contributed by atoms with Crippen molar-refractivity contribution in [2.24, 2.45) is 0 Å². The molecule has 0 aliphatic carbocycles. The van der Waals surface area contributed by atoms with E-state index in [1.165, 1.54) is 12.1 Å². The van der Waals surface area contributed by atoms with Gasteiger partial charge in [0.15, 0.2) is 6.61 Å². The summed E-state index contributed by atoms with van der Waals surface area (Å²) in [4.78, 5) is 28.1. The third kappa shape index (κ3) is 6.14. The summed E-state index contributed by atoms with van der Waals surface area (Å²) >= 11 is 0. The van der Waals surface area contributed by atoms with Crippen molar-refractivity contribution < 1.29 is 24.2 Å². The van der Waals surface area contributed by atoms with Crippen LogP contribution in [0.1, 0.15) is 12.0 Å². The van der Waals surface area contributed by atoms with Gasteiger partial charge in [0.25, 0.3) is 5.91 Å². The molecule has 1 heterocycles. The fourth-order valence-electron chi connectivity index (χ4n) is 3.03. The molecule has 0 aromatic heterocycles. The molecule has 3 rings (SSSR count). The minimum atomic E-state index is -0.0756. The van der Waals surface area contributed by atoms with Gasteiger partial charge in [0.05, 0.1) is 13.0 Å². The topological polar surface area (TPSA) is 79.3 Å². The normalized spacial score (nSPS) is 13.8. The predicted molar refractivity (Wildman–Crippen MR) is 108 cm³/mol. The summed E-state index contributed by atoms with van der Waals surface area (Å²) in [5.41, 5.74) is 1.14. The highest BCUT2D eigenvalue weighted by atomic mass is 16.5. The largest absolute Gasteiger partial charge is 0.508 e. The fourth-order valence-corrected chi connectivity index (χ4v) is 3.03. The van der Waals surface area contributed by atoms with Crippen molar-refractivity contribution in [2.75, 3.05) is 39.4 Å². The molecule has 0 spiro atoms. The van der Waals surface area contributed by atoms with Gasteiger partial charge < -0.3 is 24.4 Å². The van der Waals surface area contributed by atoms with Crippen LogP contribution < -0.4 is 9.47 Å². The lowest BCUT2D eigenvalue weighted by Gasteiger charge is -2.34. The molecule has 0 atom stereocenters. The third-order valence-electron chi connectivity index (χ3n) is 4.79. The summed E-state index contributed by atoms with van der Waals surface area (Å²) in [5, 5.41) is 9.25. The number of piperazine rings is 1. The number of phenols is 1. The Morgan fingerprint density at radius 1 is 0.828 bits per heavy atom. The van der Waals surface area contributed by atoms with E-state index in [0.717, 1.165) is 5.56 Å². The van der Waals surface area contributed by atoms with Gasteiger partial charge in [0.2, 0.25) is 5.91 Å². The molecule has 2 amide bonds. The SMILES string of the molecule is Cc1ccc(OCC(=O)N2CCN(C(=O)CCOc3ccc(O)cc3)CC2)cc1. The lowest BCUT2D eigenvalue weighted by Crippen LogP contribution is -2.51. The van der Waals surface area contributed by atoms with Crippen LogP contribution in [0.5, 0.6) is 17.2 Å². The Hall–Kier alpha value is -3.22. The Morgan fingerprint density at radius 2 is 1.34 bits per heavy atom. The van der Waals surface area contributed by atoms with E-state index in [2.05, 4.69) is 0 Å². The monoisotopic (exact) mass is 398 g/mol. The number of carbonyl (C=O) groups is 2. The Labute approximate surface area is 170 Å². The molecular weight excluding hydrogens is 372 g/mol. The first-order valence-corrected chi connectivity index (χ1v) is 9.68. The molecule has 1 aliphatic heterocycles. The Balaban J connectivity index is 1.35. The number of amides is 2. The molecule has 0 unspecified atom stereocenters. The van der Waals surface area contributed by atoms with E-state index in [1.54, 1.807) is 21.9 Å². The molecule has 154 valence electrons. The van der Waals surface area contributed by atoms with E-state index in [1.807, 2.05) is 31.2 Å². The lowest BCUT2D eigenvalue weighted by molar-refractivity contribution is -0.141. The van der Waals surface area contributed by atoms with E-state index < -0.39 is 0 Å². The molecule has 0 saturated carbocycles. The molecule has 0 radical (unpaired) electrons. The molecule has 1 N–H and O–H groups in total. The highest BCUT2D eigenvalue weighted by Crippen LogP contribution is 2.16. The maximum absolute atomic E-state index is 12.3. The molecule has 1 saturated heterocycles. The highest BCUT2D eigenvalue weighted by Gasteiger charge is 2.24. The van der Waals surface area contributed by atoms with Crippen LogP contribution in [0.2, 0.25) is 0 Å². The zero-order valence-corrected chi connectivity index (χ0v) is 16.5. The van der Waals surface area contributed by atoms with Crippen LogP contribution in [0, 0.1) is 6.92 Å². The van der Waals surface area contributed by atoms with Crippen LogP contribution in [0.25, 0.3) is 0 Å². The molecule has 7 heteroatoms. The summed E-state index contributed by atoms with van der Waals surface area (Å²) in [5.74, 6) is 1.39. The molecule has 1 fully saturated rings. The van der Waals surface area contributed by atoms with E-state index >= 15 is 0 Å². The summed E-state index contributed by atoms with van der Waals surface area (Å²) in [7, 11) is 0. The standard InChI is InChI=1S/C22H26N2O5/c1-17-2-6-20(7-3-17)29-16-22(27)24-13-11-23(12-14-24)21(26)10-15-28-19-8-4-18(25)5-9-19/h2-9,25H,10-16H2,1H3. The van der Waals surface area contributed by atoms with Crippen LogP contribution in [-0.4, -0.2) is 66.1 Å². The average molecular weight is 398 g/mol. The first kappa shape index (κ1) is 20.5. The van der Waals surface area contributed by atoms with Crippen molar-refractivity contribution in [3.05, 3.63) is 54.1 Å². The molecule has 2 aromatic rings. The minimum Gasteiger partial charge on any atom is -0.508 e. The van der Waals surface area contributed by atoms with Gasteiger partial charge in [-0.25, -0.2) is 0 Å². The predicted octanol–water partition coefficient (Wildman–Crippen LogP) is 2.22. The number of aryl methyl sites for hydroxylation is 1. The van der Waals surface area contributed by atoms with Gasteiger partial charge in [-0.3, -0.25) is 9.59 Å². The Morgan fingerprint density at radius 3 is 1.97 bits per heavy atom. The van der Waals surface area contributed by atoms with E-state index in [0.29, 0.717) is 37.7 Å². The van der Waals surface area contributed by atoms with Crippen LogP contribution in [0.15, 0.2) is 48.5 Å².